The van der Waals surface area contributed by atoms with Crippen molar-refractivity contribution >= 4 is 17.3 Å². The highest BCUT2D eigenvalue weighted by Crippen LogP contribution is 2.21. The van der Waals surface area contributed by atoms with Crippen LogP contribution in [0.25, 0.3) is 0 Å². The highest BCUT2D eigenvalue weighted by molar-refractivity contribution is 7.13. The van der Waals surface area contributed by atoms with Crippen LogP contribution in [0.1, 0.15) is 33.1 Å². The van der Waals surface area contributed by atoms with Crippen molar-refractivity contribution in [3.05, 3.63) is 39.7 Å². The topological polar surface area (TPSA) is 63.3 Å². The number of carboxylic acids is 1. The molecule has 0 aliphatic heterocycles. The van der Waals surface area contributed by atoms with Crippen LogP contribution in [0.3, 0.4) is 0 Å². The molecule has 2 rings (SSSR count). The molecule has 4 nitrogen and oxygen atoms in total. The summed E-state index contributed by atoms with van der Waals surface area (Å²) in [4.78, 5) is 15.6. The lowest BCUT2D eigenvalue weighted by atomic mass is 10.3. The normalized spacial score (nSPS) is 10.6. The number of aryl methyl sites for hydroxylation is 1. The summed E-state index contributed by atoms with van der Waals surface area (Å²) in [6.07, 6.45) is 2.79. The summed E-state index contributed by atoms with van der Waals surface area (Å²) in [5.74, 6) is -0.103. The molecule has 0 radical (unpaired) electrons. The molecule has 2 aromatic rings. The first-order chi connectivity index (χ1) is 7.70. The van der Waals surface area contributed by atoms with E-state index >= 15 is 0 Å². The second kappa shape index (κ2) is 4.49. The molecule has 0 aliphatic carbocycles. The fourth-order valence-corrected chi connectivity index (χ4v) is 2.45. The van der Waals surface area contributed by atoms with Crippen molar-refractivity contribution in [3.63, 3.8) is 0 Å². The Bertz CT molecular complexity index is 487. The van der Waals surface area contributed by atoms with Gasteiger partial charge < -0.3 is 9.52 Å². The van der Waals surface area contributed by atoms with Crippen LogP contribution in [0.2, 0.25) is 0 Å². The van der Waals surface area contributed by atoms with Gasteiger partial charge in [-0.1, -0.05) is 6.92 Å². The summed E-state index contributed by atoms with van der Waals surface area (Å²) in [5.41, 5.74) is 0.652. The minimum atomic E-state index is -0.903. The van der Waals surface area contributed by atoms with Crippen LogP contribution >= 0.6 is 11.3 Å². The number of rotatable bonds is 4. The summed E-state index contributed by atoms with van der Waals surface area (Å²) < 4.78 is 5.20. The van der Waals surface area contributed by atoms with Crippen molar-refractivity contribution in [1.82, 2.24) is 4.98 Å². The lowest BCUT2D eigenvalue weighted by Crippen LogP contribution is -1.97. The maximum absolute atomic E-state index is 10.9. The monoisotopic (exact) mass is 237 g/mol. The SMILES string of the molecule is CCc1nc(Cc2ccco2)sc1C(=O)O. The van der Waals surface area contributed by atoms with E-state index in [0.717, 1.165) is 10.8 Å². The number of aromatic nitrogens is 1. The van der Waals surface area contributed by atoms with Gasteiger partial charge in [-0.3, -0.25) is 0 Å². The summed E-state index contributed by atoms with van der Waals surface area (Å²) in [6, 6.07) is 3.66. The van der Waals surface area contributed by atoms with Crippen molar-refractivity contribution in [2.24, 2.45) is 0 Å². The fraction of sp³-hybridized carbons (Fsp3) is 0.273. The molecule has 0 saturated heterocycles. The molecule has 0 fully saturated rings. The average Bonchev–Trinajstić information content (AvgIpc) is 2.87. The van der Waals surface area contributed by atoms with Crippen molar-refractivity contribution in [2.75, 3.05) is 0 Å². The quantitative estimate of drug-likeness (QED) is 0.887. The van der Waals surface area contributed by atoms with Crippen LogP contribution in [-0.4, -0.2) is 16.1 Å². The second-order valence-electron chi connectivity index (χ2n) is 3.30. The van der Waals surface area contributed by atoms with E-state index in [9.17, 15) is 4.79 Å². The molecule has 1 N–H and O–H groups in total. The third kappa shape index (κ3) is 2.14. The predicted molar refractivity (Wildman–Crippen MR) is 60.0 cm³/mol. The van der Waals surface area contributed by atoms with Crippen LogP contribution in [0.5, 0.6) is 0 Å². The Morgan fingerprint density at radius 1 is 1.62 bits per heavy atom. The minimum absolute atomic E-state index is 0.337. The number of aromatic carboxylic acids is 1. The average molecular weight is 237 g/mol. The lowest BCUT2D eigenvalue weighted by molar-refractivity contribution is 0.0701. The highest BCUT2D eigenvalue weighted by Gasteiger charge is 2.16. The Kier molecular flexibility index (Phi) is 3.05. The van der Waals surface area contributed by atoms with Gasteiger partial charge in [0.05, 0.1) is 18.4 Å². The van der Waals surface area contributed by atoms with E-state index in [1.165, 1.54) is 11.3 Å². The first-order valence-electron chi connectivity index (χ1n) is 4.95. The predicted octanol–water partition coefficient (Wildman–Crippen LogP) is 2.59. The van der Waals surface area contributed by atoms with Crippen LogP contribution in [0, 0.1) is 0 Å². The van der Waals surface area contributed by atoms with E-state index in [4.69, 9.17) is 9.52 Å². The number of hydrogen-bond donors (Lipinski definition) is 1. The molecule has 0 atom stereocenters. The van der Waals surface area contributed by atoms with Crippen LogP contribution in [0.4, 0.5) is 0 Å². The van der Waals surface area contributed by atoms with Gasteiger partial charge in [0.15, 0.2) is 0 Å². The smallest absolute Gasteiger partial charge is 0.347 e. The van der Waals surface area contributed by atoms with Crippen molar-refractivity contribution in [3.8, 4) is 0 Å². The van der Waals surface area contributed by atoms with Gasteiger partial charge in [0.1, 0.15) is 15.6 Å². The molecule has 16 heavy (non-hydrogen) atoms. The molecule has 0 unspecified atom stereocenters. The molecule has 2 aromatic heterocycles. The zero-order chi connectivity index (χ0) is 11.5. The molecule has 2 heterocycles. The Balaban J connectivity index is 2.26. The molecule has 0 saturated carbocycles. The summed E-state index contributed by atoms with van der Waals surface area (Å²) >= 11 is 1.22. The summed E-state index contributed by atoms with van der Waals surface area (Å²) in [7, 11) is 0. The van der Waals surface area contributed by atoms with Gasteiger partial charge in [-0.2, -0.15) is 0 Å². The van der Waals surface area contributed by atoms with E-state index in [1.54, 1.807) is 6.26 Å². The molecule has 0 spiro atoms. The molecule has 0 aromatic carbocycles. The van der Waals surface area contributed by atoms with Crippen LogP contribution in [-0.2, 0) is 12.8 Å². The number of carboxylic acid groups (broad SMARTS) is 1. The molecule has 0 aliphatic rings. The summed E-state index contributed by atoms with van der Waals surface area (Å²) in [6.45, 7) is 1.90. The van der Waals surface area contributed by atoms with Gasteiger partial charge >= 0.3 is 5.97 Å². The third-order valence-electron chi connectivity index (χ3n) is 2.18. The Morgan fingerprint density at radius 2 is 2.44 bits per heavy atom. The zero-order valence-corrected chi connectivity index (χ0v) is 9.58. The van der Waals surface area contributed by atoms with E-state index in [0.29, 0.717) is 23.4 Å². The number of thiazole rings is 1. The van der Waals surface area contributed by atoms with Gasteiger partial charge in [-0.05, 0) is 18.6 Å². The first kappa shape index (κ1) is 10.9. The molecule has 0 bridgehead atoms. The van der Waals surface area contributed by atoms with Crippen LogP contribution < -0.4 is 0 Å². The van der Waals surface area contributed by atoms with Crippen molar-refractivity contribution < 1.29 is 14.3 Å². The maximum Gasteiger partial charge on any atom is 0.347 e. The summed E-state index contributed by atoms with van der Waals surface area (Å²) in [5, 5.41) is 9.76. The van der Waals surface area contributed by atoms with Gasteiger partial charge in [-0.15, -0.1) is 11.3 Å². The minimum Gasteiger partial charge on any atom is -0.477 e. The van der Waals surface area contributed by atoms with Crippen molar-refractivity contribution in [2.45, 2.75) is 19.8 Å². The number of furan rings is 1. The van der Waals surface area contributed by atoms with Gasteiger partial charge in [0.2, 0.25) is 0 Å². The number of nitrogens with zero attached hydrogens (tertiary/aromatic N) is 1. The van der Waals surface area contributed by atoms with Crippen molar-refractivity contribution in [1.29, 1.82) is 0 Å². The Hall–Kier alpha value is -1.62. The molecular formula is C11H11NO3S. The van der Waals surface area contributed by atoms with Gasteiger partial charge in [-0.25, -0.2) is 9.78 Å². The first-order valence-corrected chi connectivity index (χ1v) is 5.76. The second-order valence-corrected chi connectivity index (χ2v) is 4.38. The van der Waals surface area contributed by atoms with E-state index in [1.807, 2.05) is 19.1 Å². The third-order valence-corrected chi connectivity index (χ3v) is 3.26. The van der Waals surface area contributed by atoms with E-state index in [-0.39, 0.29) is 0 Å². The molecule has 5 heteroatoms. The van der Waals surface area contributed by atoms with Crippen LogP contribution in [0.15, 0.2) is 22.8 Å². The van der Waals surface area contributed by atoms with E-state index in [2.05, 4.69) is 4.98 Å². The van der Waals surface area contributed by atoms with Gasteiger partial charge in [0, 0.05) is 0 Å². The lowest BCUT2D eigenvalue weighted by Gasteiger charge is -1.90. The maximum atomic E-state index is 10.9. The molecular weight excluding hydrogens is 226 g/mol. The standard InChI is InChI=1S/C11H11NO3S/c1-2-8-10(11(13)14)16-9(12-8)6-7-4-3-5-15-7/h3-5H,2,6H2,1H3,(H,13,14). The highest BCUT2D eigenvalue weighted by atomic mass is 32.1. The largest absolute Gasteiger partial charge is 0.477 e. The van der Waals surface area contributed by atoms with Gasteiger partial charge in [0.25, 0.3) is 0 Å². The Labute approximate surface area is 96.6 Å². The molecule has 84 valence electrons. The Morgan fingerprint density at radius 3 is 2.94 bits per heavy atom. The fourth-order valence-electron chi connectivity index (χ4n) is 1.45. The molecule has 0 amide bonds. The van der Waals surface area contributed by atoms with E-state index < -0.39 is 5.97 Å². The zero-order valence-electron chi connectivity index (χ0n) is 8.77. The number of hydrogen-bond acceptors (Lipinski definition) is 4. The number of carbonyl (C=O) groups is 1.